The van der Waals surface area contributed by atoms with Gasteiger partial charge in [0, 0.05) is 11.8 Å². The third-order valence-electron chi connectivity index (χ3n) is 2.49. The largest absolute Gasteiger partial charge is 0.439 e. The smallest absolute Gasteiger partial charge is 0.226 e. The summed E-state index contributed by atoms with van der Waals surface area (Å²) >= 11 is 0. The van der Waals surface area contributed by atoms with Gasteiger partial charge in [0.1, 0.15) is 5.75 Å². The second-order valence-corrected chi connectivity index (χ2v) is 3.82. The number of hydrogen-bond acceptors (Lipinski definition) is 4. The van der Waals surface area contributed by atoms with Crippen LogP contribution in [0.15, 0.2) is 30.5 Å². The molecule has 4 heteroatoms. The molecular weight excluding hydrogens is 214 g/mol. The highest BCUT2D eigenvalue weighted by Crippen LogP contribution is 2.23. The Kier molecular flexibility index (Phi) is 3.23. The van der Waals surface area contributed by atoms with E-state index in [0.717, 1.165) is 17.7 Å². The quantitative estimate of drug-likeness (QED) is 0.879. The summed E-state index contributed by atoms with van der Waals surface area (Å²) in [7, 11) is 0. The van der Waals surface area contributed by atoms with Gasteiger partial charge < -0.3 is 10.5 Å². The Morgan fingerprint density at radius 2 is 1.94 bits per heavy atom. The average molecular weight is 229 g/mol. The molecular formula is C13H15N3O. The maximum atomic E-state index is 5.66. The maximum absolute atomic E-state index is 5.66. The third kappa shape index (κ3) is 2.72. The zero-order chi connectivity index (χ0) is 12.3. The van der Waals surface area contributed by atoms with Gasteiger partial charge in [-0.15, -0.1) is 0 Å². The third-order valence-corrected chi connectivity index (χ3v) is 2.49. The Morgan fingerprint density at radius 3 is 2.59 bits per heavy atom. The highest BCUT2D eigenvalue weighted by atomic mass is 16.5. The molecule has 0 bridgehead atoms. The molecule has 0 unspecified atom stereocenters. The summed E-state index contributed by atoms with van der Waals surface area (Å²) in [6.45, 7) is 4.00. The first-order valence-electron chi connectivity index (χ1n) is 5.55. The number of anilines is 1. The molecule has 0 saturated carbocycles. The molecule has 2 aromatic rings. The van der Waals surface area contributed by atoms with Crippen molar-refractivity contribution in [2.45, 2.75) is 20.3 Å². The Labute approximate surface area is 100 Å². The van der Waals surface area contributed by atoms with Crippen LogP contribution < -0.4 is 10.5 Å². The van der Waals surface area contributed by atoms with Crippen molar-refractivity contribution >= 4 is 5.95 Å². The second kappa shape index (κ2) is 4.82. The van der Waals surface area contributed by atoms with Gasteiger partial charge in [-0.1, -0.05) is 19.1 Å². The molecule has 88 valence electrons. The summed E-state index contributed by atoms with van der Waals surface area (Å²) in [6.07, 6.45) is 2.66. The van der Waals surface area contributed by atoms with E-state index in [-0.39, 0.29) is 5.95 Å². The molecule has 17 heavy (non-hydrogen) atoms. The average Bonchev–Trinajstić information content (AvgIpc) is 2.35. The monoisotopic (exact) mass is 229 g/mol. The first-order chi connectivity index (χ1) is 8.19. The molecule has 1 aromatic carbocycles. The van der Waals surface area contributed by atoms with Gasteiger partial charge in [-0.3, -0.25) is 0 Å². The summed E-state index contributed by atoms with van der Waals surface area (Å²) < 4.78 is 5.66. The van der Waals surface area contributed by atoms with Gasteiger partial charge in [-0.05, 0) is 31.0 Å². The fraction of sp³-hybridized carbons (Fsp3) is 0.231. The molecule has 1 aromatic heterocycles. The Morgan fingerprint density at radius 1 is 1.24 bits per heavy atom. The number of nitrogen functional groups attached to an aromatic ring is 1. The molecule has 0 spiro atoms. The van der Waals surface area contributed by atoms with Crippen molar-refractivity contribution in [3.05, 3.63) is 41.6 Å². The Bertz CT molecular complexity index is 509. The molecule has 0 atom stereocenters. The van der Waals surface area contributed by atoms with Crippen LogP contribution in [-0.2, 0) is 6.42 Å². The number of aromatic nitrogens is 2. The molecule has 0 aliphatic carbocycles. The van der Waals surface area contributed by atoms with Crippen LogP contribution in [0.3, 0.4) is 0 Å². The second-order valence-electron chi connectivity index (χ2n) is 3.82. The van der Waals surface area contributed by atoms with Gasteiger partial charge in [0.05, 0.1) is 0 Å². The van der Waals surface area contributed by atoms with E-state index in [2.05, 4.69) is 16.9 Å². The summed E-state index contributed by atoms with van der Waals surface area (Å²) in [6, 6.07) is 7.93. The van der Waals surface area contributed by atoms with Crippen LogP contribution in [0.2, 0.25) is 0 Å². The predicted octanol–water partition coefficient (Wildman–Crippen LogP) is 2.72. The number of ether oxygens (including phenoxy) is 1. The minimum Gasteiger partial charge on any atom is -0.439 e. The number of hydrogen-bond donors (Lipinski definition) is 1. The van der Waals surface area contributed by atoms with Crippen molar-refractivity contribution in [1.82, 2.24) is 9.97 Å². The van der Waals surface area contributed by atoms with Crippen LogP contribution in [-0.4, -0.2) is 9.97 Å². The fourth-order valence-electron chi connectivity index (χ4n) is 1.45. The van der Waals surface area contributed by atoms with E-state index in [1.165, 1.54) is 5.56 Å². The lowest BCUT2D eigenvalue weighted by Gasteiger charge is -2.07. The maximum Gasteiger partial charge on any atom is 0.226 e. The van der Waals surface area contributed by atoms with E-state index in [1.54, 1.807) is 6.20 Å². The van der Waals surface area contributed by atoms with Crippen LogP contribution >= 0.6 is 0 Å². The zero-order valence-corrected chi connectivity index (χ0v) is 9.97. The van der Waals surface area contributed by atoms with E-state index in [9.17, 15) is 0 Å². The van der Waals surface area contributed by atoms with Crippen molar-refractivity contribution in [2.24, 2.45) is 0 Å². The molecule has 2 rings (SSSR count). The highest BCUT2D eigenvalue weighted by Gasteiger charge is 2.04. The number of nitrogens with zero attached hydrogens (tertiary/aromatic N) is 2. The van der Waals surface area contributed by atoms with Gasteiger partial charge in [0.2, 0.25) is 11.8 Å². The van der Waals surface area contributed by atoms with Gasteiger partial charge in [-0.2, -0.15) is 4.98 Å². The van der Waals surface area contributed by atoms with Gasteiger partial charge >= 0.3 is 0 Å². The van der Waals surface area contributed by atoms with E-state index in [4.69, 9.17) is 10.5 Å². The van der Waals surface area contributed by atoms with Crippen LogP contribution in [0.4, 0.5) is 5.95 Å². The molecule has 0 aliphatic rings. The van der Waals surface area contributed by atoms with Crippen LogP contribution in [0.5, 0.6) is 11.6 Å². The van der Waals surface area contributed by atoms with Crippen LogP contribution in [0.25, 0.3) is 0 Å². The van der Waals surface area contributed by atoms with Crippen LogP contribution in [0.1, 0.15) is 18.1 Å². The summed E-state index contributed by atoms with van der Waals surface area (Å²) in [4.78, 5) is 7.95. The number of nitrogens with two attached hydrogens (primary N) is 1. The number of aryl methyl sites for hydroxylation is 2. The lowest BCUT2D eigenvalue weighted by molar-refractivity contribution is 0.458. The topological polar surface area (TPSA) is 61.0 Å². The van der Waals surface area contributed by atoms with E-state index >= 15 is 0 Å². The van der Waals surface area contributed by atoms with Crippen molar-refractivity contribution in [2.75, 3.05) is 5.73 Å². The zero-order valence-electron chi connectivity index (χ0n) is 9.97. The predicted molar refractivity (Wildman–Crippen MR) is 67.1 cm³/mol. The molecule has 0 amide bonds. The summed E-state index contributed by atoms with van der Waals surface area (Å²) in [5.74, 6) is 1.47. The highest BCUT2D eigenvalue weighted by molar-refractivity contribution is 5.35. The summed E-state index contributed by atoms with van der Waals surface area (Å²) in [5.41, 5.74) is 7.66. The lowest BCUT2D eigenvalue weighted by Crippen LogP contribution is -1.98. The first-order valence-corrected chi connectivity index (χ1v) is 5.55. The molecule has 1 heterocycles. The van der Waals surface area contributed by atoms with E-state index < -0.39 is 0 Å². The molecule has 0 aliphatic heterocycles. The molecule has 4 nitrogen and oxygen atoms in total. The first kappa shape index (κ1) is 11.4. The SMILES string of the molecule is CCc1ccc(Oc2nc(N)ncc2C)cc1. The number of rotatable bonds is 3. The fourth-order valence-corrected chi connectivity index (χ4v) is 1.45. The summed E-state index contributed by atoms with van der Waals surface area (Å²) in [5, 5.41) is 0. The van der Waals surface area contributed by atoms with Crippen molar-refractivity contribution in [1.29, 1.82) is 0 Å². The molecule has 0 saturated heterocycles. The van der Waals surface area contributed by atoms with Gasteiger partial charge in [0.25, 0.3) is 0 Å². The number of benzene rings is 1. The van der Waals surface area contributed by atoms with Crippen molar-refractivity contribution in [3.63, 3.8) is 0 Å². The van der Waals surface area contributed by atoms with E-state index in [0.29, 0.717) is 5.88 Å². The Hall–Kier alpha value is -2.10. The minimum absolute atomic E-state index is 0.218. The van der Waals surface area contributed by atoms with Crippen molar-refractivity contribution in [3.8, 4) is 11.6 Å². The standard InChI is InChI=1S/C13H15N3O/c1-3-10-4-6-11(7-5-10)17-12-9(2)8-15-13(14)16-12/h4-8H,3H2,1-2H3,(H2,14,15,16). The molecule has 2 N–H and O–H groups in total. The van der Waals surface area contributed by atoms with Crippen LogP contribution in [0, 0.1) is 6.92 Å². The van der Waals surface area contributed by atoms with E-state index in [1.807, 2.05) is 31.2 Å². The van der Waals surface area contributed by atoms with Crippen molar-refractivity contribution < 1.29 is 4.74 Å². The lowest BCUT2D eigenvalue weighted by atomic mass is 10.2. The van der Waals surface area contributed by atoms with Gasteiger partial charge in [-0.25, -0.2) is 4.98 Å². The molecule has 0 radical (unpaired) electrons. The van der Waals surface area contributed by atoms with Gasteiger partial charge in [0.15, 0.2) is 0 Å². The normalized spacial score (nSPS) is 10.2. The Balaban J connectivity index is 2.22. The minimum atomic E-state index is 0.218. The molecule has 0 fully saturated rings.